The van der Waals surface area contributed by atoms with Crippen molar-refractivity contribution in [2.75, 3.05) is 0 Å². The fraction of sp³-hybridized carbons (Fsp3) is 0.309. The highest BCUT2D eigenvalue weighted by atomic mass is 16.4. The Morgan fingerprint density at radius 2 is 1.00 bits per heavy atom. The number of aryl methyl sites for hydroxylation is 1. The van der Waals surface area contributed by atoms with Crippen molar-refractivity contribution < 1.29 is 4.42 Å². The molecule has 59 heavy (non-hydrogen) atoms. The van der Waals surface area contributed by atoms with Crippen LogP contribution in [0, 0.1) is 0 Å². The summed E-state index contributed by atoms with van der Waals surface area (Å²) >= 11 is 0. The van der Waals surface area contributed by atoms with Gasteiger partial charge in [-0.05, 0) is 121 Å². The van der Waals surface area contributed by atoms with E-state index in [1.165, 1.54) is 88.1 Å². The second kappa shape index (κ2) is 19.3. The Bertz CT molecular complexity index is 2460. The first kappa shape index (κ1) is 40.1. The molecule has 0 N–H and O–H groups in total. The molecule has 6 aromatic carbocycles. The standard InChI is InChI=1S/C55H59N3O/c1-4-6-7-8-9-11-18-41-26-29-47(30-27-41)54-56-57-55(59-54)48-37-35-46(36-38-48)45-33-31-44(32-34-45)42(5-2)39-49(43-19-12-10-13-20-43)28-25-40(3)58-52-23-16-14-21-50(52)51-22-15-17-24-53(51)58/h10,12-17,19-24,26-27,29-38,40,42,49H,4-9,11,18,25,28,39H2,1-3H3. The molecule has 0 fully saturated rings. The molecule has 4 heteroatoms. The summed E-state index contributed by atoms with van der Waals surface area (Å²) in [6.07, 6.45) is 13.5. The summed E-state index contributed by atoms with van der Waals surface area (Å²) in [5.74, 6) is 2.05. The molecule has 0 radical (unpaired) electrons. The van der Waals surface area contributed by atoms with Gasteiger partial charge in [0.15, 0.2) is 0 Å². The van der Waals surface area contributed by atoms with Crippen LogP contribution in [0.15, 0.2) is 156 Å². The van der Waals surface area contributed by atoms with Crippen LogP contribution in [0.2, 0.25) is 0 Å². The van der Waals surface area contributed by atoms with Gasteiger partial charge in [0.1, 0.15) is 0 Å². The summed E-state index contributed by atoms with van der Waals surface area (Å²) < 4.78 is 8.73. The lowest BCUT2D eigenvalue weighted by Gasteiger charge is -2.26. The molecule has 0 aliphatic carbocycles. The molecule has 3 atom stereocenters. The second-order valence-electron chi connectivity index (χ2n) is 16.6. The molecule has 8 rings (SSSR count). The largest absolute Gasteiger partial charge is 0.416 e. The van der Waals surface area contributed by atoms with Crippen LogP contribution in [0.5, 0.6) is 0 Å². The van der Waals surface area contributed by atoms with Crippen molar-refractivity contribution in [3.63, 3.8) is 0 Å². The molecule has 0 saturated carbocycles. The average molecular weight is 778 g/mol. The van der Waals surface area contributed by atoms with Gasteiger partial charge in [0.25, 0.3) is 0 Å². The first-order chi connectivity index (χ1) is 29.1. The summed E-state index contributed by atoms with van der Waals surface area (Å²) in [6, 6.07) is 55.7. The topological polar surface area (TPSA) is 43.9 Å². The van der Waals surface area contributed by atoms with E-state index in [4.69, 9.17) is 4.42 Å². The number of hydrogen-bond acceptors (Lipinski definition) is 3. The van der Waals surface area contributed by atoms with Crippen LogP contribution in [-0.4, -0.2) is 14.8 Å². The number of hydrogen-bond donors (Lipinski definition) is 0. The summed E-state index contributed by atoms with van der Waals surface area (Å²) in [5, 5.41) is 11.5. The van der Waals surface area contributed by atoms with E-state index >= 15 is 0 Å². The van der Waals surface area contributed by atoms with E-state index < -0.39 is 0 Å². The van der Waals surface area contributed by atoms with E-state index in [0.717, 1.165) is 43.2 Å². The van der Waals surface area contributed by atoms with Crippen LogP contribution in [0.25, 0.3) is 55.8 Å². The Balaban J connectivity index is 0.909. The fourth-order valence-corrected chi connectivity index (χ4v) is 9.16. The van der Waals surface area contributed by atoms with Crippen molar-refractivity contribution in [2.24, 2.45) is 0 Å². The maximum Gasteiger partial charge on any atom is 0.248 e. The number of unbranched alkanes of at least 4 members (excludes halogenated alkanes) is 5. The van der Waals surface area contributed by atoms with Gasteiger partial charge in [-0.1, -0.05) is 161 Å². The van der Waals surface area contributed by atoms with E-state index in [0.29, 0.717) is 29.7 Å². The monoisotopic (exact) mass is 777 g/mol. The quantitative estimate of drug-likeness (QED) is 0.0768. The summed E-state index contributed by atoms with van der Waals surface area (Å²) in [4.78, 5) is 0. The third-order valence-electron chi connectivity index (χ3n) is 12.6. The second-order valence-corrected chi connectivity index (χ2v) is 16.6. The van der Waals surface area contributed by atoms with Crippen LogP contribution in [0.3, 0.4) is 0 Å². The molecule has 0 aliphatic heterocycles. The normalized spacial score (nSPS) is 13.2. The number of aromatic nitrogens is 3. The van der Waals surface area contributed by atoms with Crippen LogP contribution < -0.4 is 0 Å². The third kappa shape index (κ3) is 9.44. The van der Waals surface area contributed by atoms with Gasteiger partial charge in [-0.15, -0.1) is 10.2 Å². The average Bonchev–Trinajstić information content (AvgIpc) is 3.92. The van der Waals surface area contributed by atoms with Crippen molar-refractivity contribution in [3.8, 4) is 34.0 Å². The molecule has 4 nitrogen and oxygen atoms in total. The number of para-hydroxylation sites is 2. The fourth-order valence-electron chi connectivity index (χ4n) is 9.16. The van der Waals surface area contributed by atoms with Gasteiger partial charge in [0, 0.05) is 39.0 Å². The van der Waals surface area contributed by atoms with Crippen molar-refractivity contribution >= 4 is 21.8 Å². The highest BCUT2D eigenvalue weighted by molar-refractivity contribution is 6.08. The highest BCUT2D eigenvalue weighted by Gasteiger charge is 2.22. The van der Waals surface area contributed by atoms with E-state index in [-0.39, 0.29) is 0 Å². The Hall–Kier alpha value is -5.74. The zero-order chi connectivity index (χ0) is 40.4. The van der Waals surface area contributed by atoms with Gasteiger partial charge < -0.3 is 8.98 Å². The SMILES string of the molecule is CCCCCCCCc1ccc(-c2nnc(-c3ccc(-c4ccc(C(CC)CC(CCC(C)n5c6ccccc6c6ccccc65)c5ccccc5)cc4)cc3)o2)cc1. The molecule has 0 bridgehead atoms. The molecule has 300 valence electrons. The first-order valence-electron chi connectivity index (χ1n) is 22.3. The Morgan fingerprint density at radius 3 is 1.61 bits per heavy atom. The summed E-state index contributed by atoms with van der Waals surface area (Å²) in [5.41, 5.74) is 11.2. The maximum atomic E-state index is 6.15. The van der Waals surface area contributed by atoms with Crippen LogP contribution in [-0.2, 0) is 6.42 Å². The Kier molecular flexibility index (Phi) is 13.1. The predicted octanol–water partition coefficient (Wildman–Crippen LogP) is 15.8. The van der Waals surface area contributed by atoms with Gasteiger partial charge in [-0.25, -0.2) is 0 Å². The molecule has 2 heterocycles. The minimum absolute atomic E-state index is 0.385. The lowest BCUT2D eigenvalue weighted by Crippen LogP contribution is -2.10. The van der Waals surface area contributed by atoms with Crippen molar-refractivity contribution in [3.05, 3.63) is 168 Å². The summed E-state index contributed by atoms with van der Waals surface area (Å²) in [7, 11) is 0. The van der Waals surface area contributed by atoms with Gasteiger partial charge in [-0.3, -0.25) is 0 Å². The molecule has 3 unspecified atom stereocenters. The number of fused-ring (bicyclic) bond motifs is 3. The molecule has 2 aromatic heterocycles. The first-order valence-corrected chi connectivity index (χ1v) is 22.3. The van der Waals surface area contributed by atoms with Gasteiger partial charge >= 0.3 is 0 Å². The smallest absolute Gasteiger partial charge is 0.248 e. The van der Waals surface area contributed by atoms with Gasteiger partial charge in [-0.2, -0.15) is 0 Å². The lowest BCUT2D eigenvalue weighted by molar-refractivity contribution is 0.433. The van der Waals surface area contributed by atoms with E-state index in [1.54, 1.807) is 0 Å². The molecule has 0 saturated heterocycles. The van der Waals surface area contributed by atoms with Crippen LogP contribution in [0.4, 0.5) is 0 Å². The Labute approximate surface area is 351 Å². The predicted molar refractivity (Wildman–Crippen MR) is 248 cm³/mol. The number of rotatable bonds is 19. The lowest BCUT2D eigenvalue weighted by atomic mass is 9.81. The highest BCUT2D eigenvalue weighted by Crippen LogP contribution is 2.39. The summed E-state index contributed by atoms with van der Waals surface area (Å²) in [6.45, 7) is 7.01. The molecule has 0 spiro atoms. The minimum atomic E-state index is 0.385. The molecular weight excluding hydrogens is 719 g/mol. The van der Waals surface area contributed by atoms with E-state index in [1.807, 2.05) is 0 Å². The minimum Gasteiger partial charge on any atom is -0.416 e. The maximum absolute atomic E-state index is 6.15. The molecule has 8 aromatic rings. The Morgan fingerprint density at radius 1 is 0.492 bits per heavy atom. The molecule has 0 aliphatic rings. The van der Waals surface area contributed by atoms with E-state index in [2.05, 4.69) is 187 Å². The van der Waals surface area contributed by atoms with Crippen LogP contribution >= 0.6 is 0 Å². The van der Waals surface area contributed by atoms with Crippen LogP contribution in [0.1, 0.15) is 120 Å². The number of nitrogens with zero attached hydrogens (tertiary/aromatic N) is 3. The van der Waals surface area contributed by atoms with Gasteiger partial charge in [0.05, 0.1) is 0 Å². The molecule has 0 amide bonds. The molecular formula is C55H59N3O. The number of benzene rings is 6. The van der Waals surface area contributed by atoms with Crippen molar-refractivity contribution in [1.82, 2.24) is 14.8 Å². The van der Waals surface area contributed by atoms with Crippen molar-refractivity contribution in [1.29, 1.82) is 0 Å². The third-order valence-corrected chi connectivity index (χ3v) is 12.6. The van der Waals surface area contributed by atoms with Crippen molar-refractivity contribution in [2.45, 2.75) is 109 Å². The van der Waals surface area contributed by atoms with E-state index in [9.17, 15) is 0 Å². The zero-order valence-electron chi connectivity index (χ0n) is 35.2. The zero-order valence-corrected chi connectivity index (χ0v) is 35.2. The van der Waals surface area contributed by atoms with Gasteiger partial charge in [0.2, 0.25) is 11.8 Å².